The second kappa shape index (κ2) is 9.58. The van der Waals surface area contributed by atoms with E-state index in [1.807, 2.05) is 7.05 Å². The van der Waals surface area contributed by atoms with E-state index in [-0.39, 0.29) is 12.4 Å². The number of likely N-dealkylation sites (tertiary alicyclic amines) is 1. The molecule has 3 rings (SSSR count). The first kappa shape index (κ1) is 18.7. The molecular weight excluding hydrogens is 320 g/mol. The molecule has 0 spiro atoms. The van der Waals surface area contributed by atoms with E-state index in [9.17, 15) is 4.79 Å². The van der Waals surface area contributed by atoms with Crippen molar-refractivity contribution in [1.29, 1.82) is 0 Å². The third-order valence-electron chi connectivity index (χ3n) is 4.13. The molecule has 1 fully saturated rings. The highest BCUT2D eigenvalue weighted by Crippen LogP contribution is 2.13. The van der Waals surface area contributed by atoms with Crippen LogP contribution in [0.2, 0.25) is 0 Å². The van der Waals surface area contributed by atoms with Crippen LogP contribution in [0.15, 0.2) is 36.8 Å². The van der Waals surface area contributed by atoms with Gasteiger partial charge in [-0.05, 0) is 37.1 Å². The minimum Gasteiger partial charge on any atom is -0.483 e. The van der Waals surface area contributed by atoms with Crippen molar-refractivity contribution in [3.8, 4) is 0 Å². The Morgan fingerprint density at radius 3 is 2.40 bits per heavy atom. The SMILES string of the molecule is Cn1cncc1C(=O)NCc1ccc(CN2CCCC2)cc1.O=CO. The van der Waals surface area contributed by atoms with E-state index >= 15 is 0 Å². The van der Waals surface area contributed by atoms with E-state index in [4.69, 9.17) is 9.90 Å². The number of aryl methyl sites for hydroxylation is 1. The predicted molar refractivity (Wildman–Crippen MR) is 94.0 cm³/mol. The number of carbonyl (C=O) groups is 2. The summed E-state index contributed by atoms with van der Waals surface area (Å²) >= 11 is 0. The highest BCUT2D eigenvalue weighted by molar-refractivity contribution is 5.92. The van der Waals surface area contributed by atoms with Crippen LogP contribution in [0.4, 0.5) is 0 Å². The summed E-state index contributed by atoms with van der Waals surface area (Å²) in [5, 5.41) is 9.81. The Kier molecular flexibility index (Phi) is 7.16. The van der Waals surface area contributed by atoms with Crippen LogP contribution < -0.4 is 5.32 Å². The third-order valence-corrected chi connectivity index (χ3v) is 4.13. The summed E-state index contributed by atoms with van der Waals surface area (Å²) in [7, 11) is 1.81. The fraction of sp³-hybridized carbons (Fsp3) is 0.389. The number of nitrogens with one attached hydrogen (secondary N) is 1. The van der Waals surface area contributed by atoms with Crippen molar-refractivity contribution in [1.82, 2.24) is 19.8 Å². The topological polar surface area (TPSA) is 87.5 Å². The first-order chi connectivity index (χ1) is 12.1. The van der Waals surface area contributed by atoms with Gasteiger partial charge < -0.3 is 15.0 Å². The third kappa shape index (κ3) is 5.72. The number of carbonyl (C=O) groups excluding carboxylic acids is 1. The molecule has 0 radical (unpaired) electrons. The summed E-state index contributed by atoms with van der Waals surface area (Å²) in [5.41, 5.74) is 3.02. The summed E-state index contributed by atoms with van der Waals surface area (Å²) in [6.07, 6.45) is 5.84. The van der Waals surface area contributed by atoms with Crippen LogP contribution in [0.5, 0.6) is 0 Å². The van der Waals surface area contributed by atoms with E-state index in [1.165, 1.54) is 31.5 Å². The van der Waals surface area contributed by atoms with E-state index in [0.717, 1.165) is 12.1 Å². The molecule has 2 aromatic rings. The molecule has 2 N–H and O–H groups in total. The van der Waals surface area contributed by atoms with E-state index < -0.39 is 0 Å². The number of imidazole rings is 1. The molecule has 1 aromatic carbocycles. The van der Waals surface area contributed by atoms with Crippen molar-refractivity contribution < 1.29 is 14.7 Å². The molecule has 1 saturated heterocycles. The largest absolute Gasteiger partial charge is 0.483 e. The van der Waals surface area contributed by atoms with Crippen molar-refractivity contribution >= 4 is 12.4 Å². The van der Waals surface area contributed by atoms with Gasteiger partial charge in [0.25, 0.3) is 12.4 Å². The van der Waals surface area contributed by atoms with Crippen molar-refractivity contribution in [2.24, 2.45) is 7.05 Å². The number of aromatic nitrogens is 2. The first-order valence-corrected chi connectivity index (χ1v) is 8.26. The maximum atomic E-state index is 12.0. The summed E-state index contributed by atoms with van der Waals surface area (Å²) in [5.74, 6) is -0.0962. The van der Waals surface area contributed by atoms with E-state index in [1.54, 1.807) is 17.1 Å². The molecule has 1 aliphatic heterocycles. The average Bonchev–Trinajstić information content (AvgIpc) is 3.26. The molecule has 1 amide bonds. The number of hydrogen-bond acceptors (Lipinski definition) is 4. The molecule has 1 aromatic heterocycles. The van der Waals surface area contributed by atoms with Crippen LogP contribution in [0, 0.1) is 0 Å². The highest BCUT2D eigenvalue weighted by Gasteiger charge is 2.12. The molecule has 1 aliphatic rings. The van der Waals surface area contributed by atoms with E-state index in [0.29, 0.717) is 12.2 Å². The fourth-order valence-corrected chi connectivity index (χ4v) is 2.81. The van der Waals surface area contributed by atoms with Crippen LogP contribution in [-0.4, -0.2) is 45.0 Å². The lowest BCUT2D eigenvalue weighted by Crippen LogP contribution is -2.24. The molecule has 7 heteroatoms. The maximum absolute atomic E-state index is 12.0. The number of benzene rings is 1. The smallest absolute Gasteiger partial charge is 0.290 e. The lowest BCUT2D eigenvalue weighted by molar-refractivity contribution is -0.122. The second-order valence-corrected chi connectivity index (χ2v) is 5.98. The monoisotopic (exact) mass is 344 g/mol. The van der Waals surface area contributed by atoms with Crippen LogP contribution in [-0.2, 0) is 24.9 Å². The lowest BCUT2D eigenvalue weighted by Gasteiger charge is -2.14. The minimum atomic E-state index is -0.250. The van der Waals surface area contributed by atoms with Crippen LogP contribution in [0.1, 0.15) is 34.5 Å². The summed E-state index contributed by atoms with van der Waals surface area (Å²) in [4.78, 5) is 26.8. The Morgan fingerprint density at radius 1 is 1.24 bits per heavy atom. The molecule has 0 atom stereocenters. The summed E-state index contributed by atoms with van der Waals surface area (Å²) in [6, 6.07) is 8.50. The van der Waals surface area contributed by atoms with Gasteiger partial charge in [-0.3, -0.25) is 14.5 Å². The van der Waals surface area contributed by atoms with Crippen molar-refractivity contribution in [2.75, 3.05) is 13.1 Å². The highest BCUT2D eigenvalue weighted by atomic mass is 16.3. The minimum absolute atomic E-state index is 0.0962. The molecule has 25 heavy (non-hydrogen) atoms. The van der Waals surface area contributed by atoms with Gasteiger partial charge in [-0.2, -0.15) is 0 Å². The zero-order chi connectivity index (χ0) is 18.1. The van der Waals surface area contributed by atoms with Gasteiger partial charge in [0, 0.05) is 20.1 Å². The van der Waals surface area contributed by atoms with Crippen LogP contribution >= 0.6 is 0 Å². The summed E-state index contributed by atoms with van der Waals surface area (Å²) < 4.78 is 1.72. The van der Waals surface area contributed by atoms with Gasteiger partial charge in [0.1, 0.15) is 5.69 Å². The molecule has 0 unspecified atom stereocenters. The number of nitrogens with zero attached hydrogens (tertiary/aromatic N) is 3. The van der Waals surface area contributed by atoms with Gasteiger partial charge in [-0.25, -0.2) is 4.98 Å². The van der Waals surface area contributed by atoms with Gasteiger partial charge in [-0.15, -0.1) is 0 Å². The fourth-order valence-electron chi connectivity index (χ4n) is 2.81. The normalized spacial score (nSPS) is 13.8. The lowest BCUT2D eigenvalue weighted by atomic mass is 10.1. The molecule has 0 bridgehead atoms. The quantitative estimate of drug-likeness (QED) is 0.805. The van der Waals surface area contributed by atoms with Crippen molar-refractivity contribution in [3.05, 3.63) is 53.6 Å². The Morgan fingerprint density at radius 2 is 1.84 bits per heavy atom. The maximum Gasteiger partial charge on any atom is 0.290 e. The number of carboxylic acid groups (broad SMARTS) is 1. The molecule has 0 saturated carbocycles. The number of amides is 1. The molecular formula is C18H24N4O3. The first-order valence-electron chi connectivity index (χ1n) is 8.26. The van der Waals surface area contributed by atoms with Crippen molar-refractivity contribution in [2.45, 2.75) is 25.9 Å². The average molecular weight is 344 g/mol. The van der Waals surface area contributed by atoms with Gasteiger partial charge in [-0.1, -0.05) is 24.3 Å². The number of hydrogen-bond donors (Lipinski definition) is 2. The second-order valence-electron chi connectivity index (χ2n) is 5.98. The predicted octanol–water partition coefficient (Wildman–Crippen LogP) is 1.65. The zero-order valence-corrected chi connectivity index (χ0v) is 14.4. The molecule has 7 nitrogen and oxygen atoms in total. The molecule has 134 valence electrons. The molecule has 2 heterocycles. The van der Waals surface area contributed by atoms with Gasteiger partial charge in [0.2, 0.25) is 0 Å². The van der Waals surface area contributed by atoms with Gasteiger partial charge >= 0.3 is 0 Å². The summed E-state index contributed by atoms with van der Waals surface area (Å²) in [6.45, 7) is 3.74. The molecule has 0 aliphatic carbocycles. The zero-order valence-electron chi connectivity index (χ0n) is 14.4. The van der Waals surface area contributed by atoms with E-state index in [2.05, 4.69) is 39.5 Å². The Balaban J connectivity index is 0.000000701. The van der Waals surface area contributed by atoms with Crippen LogP contribution in [0.3, 0.4) is 0 Å². The van der Waals surface area contributed by atoms with Crippen LogP contribution in [0.25, 0.3) is 0 Å². The number of rotatable bonds is 5. The Hall–Kier alpha value is -2.67. The standard InChI is InChI=1S/C17H22N4O.CH2O2/c1-20-13-18-11-16(20)17(22)19-10-14-4-6-15(7-5-14)12-21-8-2-3-9-21;2-1-3/h4-7,11,13H,2-3,8-10,12H2,1H3,(H,19,22);1H,(H,2,3). The Bertz CT molecular complexity index is 676. The Labute approximate surface area is 147 Å². The van der Waals surface area contributed by atoms with Gasteiger partial charge in [0.15, 0.2) is 0 Å². The van der Waals surface area contributed by atoms with Crippen molar-refractivity contribution in [3.63, 3.8) is 0 Å². The van der Waals surface area contributed by atoms with Gasteiger partial charge in [0.05, 0.1) is 12.5 Å².